The number of para-hydroxylation sites is 1. The van der Waals surface area contributed by atoms with Gasteiger partial charge in [0.05, 0.1) is 24.8 Å². The fourth-order valence-electron chi connectivity index (χ4n) is 2.42. The van der Waals surface area contributed by atoms with Gasteiger partial charge in [0.1, 0.15) is 35.5 Å². The standard InChI is InChI=1S/C20H19NO5S/c1-24-15-6-8-16(9-7-15)25-10-11-26-18-5-3-2-4-17(18)20-21-14(13-27-20)12-19(22)23/h2-9,13H,10-12H2,1H3,(H,22,23). The van der Waals surface area contributed by atoms with Crippen LogP contribution < -0.4 is 14.2 Å². The zero-order valence-corrected chi connectivity index (χ0v) is 15.6. The Morgan fingerprint density at radius 1 is 1.04 bits per heavy atom. The molecule has 27 heavy (non-hydrogen) atoms. The fraction of sp³-hybridized carbons (Fsp3) is 0.200. The van der Waals surface area contributed by atoms with Gasteiger partial charge in [0.15, 0.2) is 0 Å². The van der Waals surface area contributed by atoms with Gasteiger partial charge in [-0.05, 0) is 36.4 Å². The van der Waals surface area contributed by atoms with Crippen LogP contribution in [0.25, 0.3) is 10.6 Å². The van der Waals surface area contributed by atoms with Crippen LogP contribution in [0.5, 0.6) is 17.2 Å². The summed E-state index contributed by atoms with van der Waals surface area (Å²) in [6, 6.07) is 14.9. The van der Waals surface area contributed by atoms with Crippen molar-refractivity contribution < 1.29 is 24.1 Å². The number of nitrogens with zero attached hydrogens (tertiary/aromatic N) is 1. The van der Waals surface area contributed by atoms with E-state index in [1.165, 1.54) is 11.3 Å². The van der Waals surface area contributed by atoms with Gasteiger partial charge in [0.25, 0.3) is 0 Å². The van der Waals surface area contributed by atoms with Gasteiger partial charge in [-0.1, -0.05) is 12.1 Å². The molecule has 0 spiro atoms. The maximum atomic E-state index is 10.8. The second-order valence-electron chi connectivity index (χ2n) is 5.58. The van der Waals surface area contributed by atoms with Gasteiger partial charge in [-0.3, -0.25) is 4.79 Å². The molecule has 0 unspecified atom stereocenters. The molecule has 2 aromatic carbocycles. The highest BCUT2D eigenvalue weighted by Gasteiger charge is 2.12. The lowest BCUT2D eigenvalue weighted by molar-refractivity contribution is -0.136. The Hall–Kier alpha value is -3.06. The third-order valence-electron chi connectivity index (χ3n) is 3.67. The van der Waals surface area contributed by atoms with Crippen LogP contribution in [0.1, 0.15) is 5.69 Å². The minimum absolute atomic E-state index is 0.0881. The SMILES string of the molecule is COc1ccc(OCCOc2ccccc2-c2nc(CC(=O)O)cs2)cc1. The average molecular weight is 385 g/mol. The molecule has 0 amide bonds. The molecule has 3 rings (SSSR count). The number of carbonyl (C=O) groups is 1. The molecule has 0 bridgehead atoms. The molecule has 6 nitrogen and oxygen atoms in total. The van der Waals surface area contributed by atoms with Crippen LogP contribution in [0, 0.1) is 0 Å². The quantitative estimate of drug-likeness (QED) is 0.563. The molecular formula is C20H19NO5S. The van der Waals surface area contributed by atoms with Crippen LogP contribution in [0.4, 0.5) is 0 Å². The molecule has 1 N–H and O–H groups in total. The van der Waals surface area contributed by atoms with Gasteiger partial charge >= 0.3 is 5.97 Å². The van der Waals surface area contributed by atoms with Crippen molar-refractivity contribution in [2.24, 2.45) is 0 Å². The van der Waals surface area contributed by atoms with E-state index in [4.69, 9.17) is 19.3 Å². The number of rotatable bonds is 9. The van der Waals surface area contributed by atoms with Gasteiger partial charge in [0, 0.05) is 5.38 Å². The molecule has 0 aliphatic heterocycles. The first kappa shape index (κ1) is 18.7. The molecule has 0 saturated heterocycles. The summed E-state index contributed by atoms with van der Waals surface area (Å²) in [6.07, 6.45) is -0.0881. The van der Waals surface area contributed by atoms with Crippen molar-refractivity contribution in [3.63, 3.8) is 0 Å². The Bertz CT molecular complexity index is 891. The van der Waals surface area contributed by atoms with Crippen LogP contribution >= 0.6 is 11.3 Å². The summed E-state index contributed by atoms with van der Waals surface area (Å²) >= 11 is 1.40. The predicted octanol–water partition coefficient (Wildman–Crippen LogP) is 3.90. The first-order chi connectivity index (χ1) is 13.2. The van der Waals surface area contributed by atoms with E-state index in [0.717, 1.165) is 22.1 Å². The van der Waals surface area contributed by atoms with Crippen LogP contribution in [-0.2, 0) is 11.2 Å². The van der Waals surface area contributed by atoms with Crippen LogP contribution in [-0.4, -0.2) is 36.4 Å². The lowest BCUT2D eigenvalue weighted by atomic mass is 10.2. The smallest absolute Gasteiger partial charge is 0.309 e. The minimum atomic E-state index is -0.896. The third kappa shape index (κ3) is 5.21. The molecule has 7 heteroatoms. The zero-order chi connectivity index (χ0) is 19.1. The van der Waals surface area contributed by atoms with Crippen molar-refractivity contribution in [3.8, 4) is 27.8 Å². The second kappa shape index (κ2) is 9.05. The summed E-state index contributed by atoms with van der Waals surface area (Å²) in [5, 5.41) is 11.4. The first-order valence-electron chi connectivity index (χ1n) is 8.31. The molecule has 0 fully saturated rings. The Kier molecular flexibility index (Phi) is 6.27. The van der Waals surface area contributed by atoms with Crippen LogP contribution in [0.15, 0.2) is 53.9 Å². The molecule has 0 saturated carbocycles. The molecule has 140 valence electrons. The summed E-state index contributed by atoms with van der Waals surface area (Å²) in [4.78, 5) is 15.2. The number of aromatic nitrogens is 1. The molecule has 1 heterocycles. The summed E-state index contributed by atoms with van der Waals surface area (Å²) < 4.78 is 16.6. The normalized spacial score (nSPS) is 10.4. The second-order valence-corrected chi connectivity index (χ2v) is 6.44. The number of aliphatic carboxylic acids is 1. The molecule has 0 atom stereocenters. The highest BCUT2D eigenvalue weighted by Crippen LogP contribution is 2.32. The summed E-state index contributed by atoms with van der Waals surface area (Å²) in [7, 11) is 1.62. The molecule has 1 aromatic heterocycles. The van der Waals surface area contributed by atoms with E-state index >= 15 is 0 Å². The van der Waals surface area contributed by atoms with E-state index < -0.39 is 5.97 Å². The van der Waals surface area contributed by atoms with Crippen LogP contribution in [0.3, 0.4) is 0 Å². The van der Waals surface area contributed by atoms with Crippen molar-refractivity contribution in [1.29, 1.82) is 0 Å². The highest BCUT2D eigenvalue weighted by atomic mass is 32.1. The number of hydrogen-bond acceptors (Lipinski definition) is 6. The number of benzene rings is 2. The first-order valence-corrected chi connectivity index (χ1v) is 9.19. The van der Waals surface area contributed by atoms with Gasteiger partial charge in [-0.15, -0.1) is 11.3 Å². The van der Waals surface area contributed by atoms with Gasteiger partial charge in [0.2, 0.25) is 0 Å². The number of hydrogen-bond donors (Lipinski definition) is 1. The average Bonchev–Trinajstić information content (AvgIpc) is 3.13. The van der Waals surface area contributed by atoms with Crippen molar-refractivity contribution in [1.82, 2.24) is 4.98 Å². The van der Waals surface area contributed by atoms with E-state index in [0.29, 0.717) is 24.7 Å². The van der Waals surface area contributed by atoms with Gasteiger partial charge in [-0.2, -0.15) is 0 Å². The Morgan fingerprint density at radius 2 is 1.74 bits per heavy atom. The largest absolute Gasteiger partial charge is 0.497 e. The van der Waals surface area contributed by atoms with Crippen molar-refractivity contribution in [2.45, 2.75) is 6.42 Å². The van der Waals surface area contributed by atoms with Crippen molar-refractivity contribution in [2.75, 3.05) is 20.3 Å². The summed E-state index contributed by atoms with van der Waals surface area (Å²) in [5.74, 6) is 1.31. The van der Waals surface area contributed by atoms with Gasteiger partial charge in [-0.25, -0.2) is 4.98 Å². The predicted molar refractivity (Wildman–Crippen MR) is 103 cm³/mol. The number of thiazole rings is 1. The van der Waals surface area contributed by atoms with E-state index in [9.17, 15) is 4.79 Å². The monoisotopic (exact) mass is 385 g/mol. The van der Waals surface area contributed by atoms with E-state index in [-0.39, 0.29) is 6.42 Å². The Labute approximate surface area is 161 Å². The minimum Gasteiger partial charge on any atom is -0.497 e. The fourth-order valence-corrected chi connectivity index (χ4v) is 3.27. The van der Waals surface area contributed by atoms with Crippen LogP contribution in [0.2, 0.25) is 0 Å². The third-order valence-corrected chi connectivity index (χ3v) is 4.60. The molecule has 3 aromatic rings. The van der Waals surface area contributed by atoms with E-state index in [1.54, 1.807) is 12.5 Å². The topological polar surface area (TPSA) is 77.9 Å². The highest BCUT2D eigenvalue weighted by molar-refractivity contribution is 7.13. The van der Waals surface area contributed by atoms with Gasteiger partial charge < -0.3 is 19.3 Å². The number of methoxy groups -OCH3 is 1. The molecule has 0 aliphatic rings. The number of carboxylic acid groups (broad SMARTS) is 1. The number of ether oxygens (including phenoxy) is 3. The number of carboxylic acids is 1. The van der Waals surface area contributed by atoms with Crippen molar-refractivity contribution in [3.05, 3.63) is 59.6 Å². The Morgan fingerprint density at radius 3 is 2.48 bits per heavy atom. The summed E-state index contributed by atoms with van der Waals surface area (Å²) in [5.41, 5.74) is 1.38. The van der Waals surface area contributed by atoms with E-state index in [2.05, 4.69) is 4.98 Å². The maximum Gasteiger partial charge on any atom is 0.309 e. The Balaban J connectivity index is 1.59. The zero-order valence-electron chi connectivity index (χ0n) is 14.8. The maximum absolute atomic E-state index is 10.8. The lowest BCUT2D eigenvalue weighted by Crippen LogP contribution is -2.09. The molecular weight excluding hydrogens is 366 g/mol. The van der Waals surface area contributed by atoms with E-state index in [1.807, 2.05) is 48.5 Å². The lowest BCUT2D eigenvalue weighted by Gasteiger charge is -2.11. The molecule has 0 aliphatic carbocycles. The summed E-state index contributed by atoms with van der Waals surface area (Å²) in [6.45, 7) is 0.763. The van der Waals surface area contributed by atoms with Crippen molar-refractivity contribution >= 4 is 17.3 Å². The molecule has 0 radical (unpaired) electrons.